The van der Waals surface area contributed by atoms with Gasteiger partial charge < -0.3 is 20.1 Å². The molecule has 1 heterocycles. The van der Waals surface area contributed by atoms with Crippen LogP contribution in [0.1, 0.15) is 18.4 Å². The maximum absolute atomic E-state index is 5.73. The molecule has 6 heteroatoms. The van der Waals surface area contributed by atoms with Gasteiger partial charge in [0.15, 0.2) is 5.96 Å². The second-order valence-corrected chi connectivity index (χ2v) is 6.97. The lowest BCUT2D eigenvalue weighted by atomic mass is 10.0. The Hall–Kier alpha value is -1.38. The number of benzene rings is 2. The van der Waals surface area contributed by atoms with Crippen molar-refractivity contribution in [3.05, 3.63) is 48.0 Å². The summed E-state index contributed by atoms with van der Waals surface area (Å²) in [5.41, 5.74) is 1.36. The van der Waals surface area contributed by atoms with E-state index in [1.165, 1.54) is 16.3 Å². The van der Waals surface area contributed by atoms with Crippen molar-refractivity contribution < 1.29 is 9.47 Å². The van der Waals surface area contributed by atoms with Gasteiger partial charge in [0.2, 0.25) is 0 Å². The van der Waals surface area contributed by atoms with Crippen LogP contribution in [0.2, 0.25) is 0 Å². The van der Waals surface area contributed by atoms with Crippen molar-refractivity contribution >= 4 is 40.7 Å². The van der Waals surface area contributed by atoms with Gasteiger partial charge in [0.1, 0.15) is 0 Å². The molecule has 154 valence electrons. The zero-order chi connectivity index (χ0) is 18.7. The predicted molar refractivity (Wildman–Crippen MR) is 127 cm³/mol. The summed E-state index contributed by atoms with van der Waals surface area (Å²) in [6, 6.07) is 15.0. The lowest BCUT2D eigenvalue weighted by Gasteiger charge is -2.13. The van der Waals surface area contributed by atoms with Crippen LogP contribution in [-0.4, -0.2) is 52.5 Å². The molecule has 2 aromatic carbocycles. The molecule has 0 aliphatic carbocycles. The molecule has 0 bridgehead atoms. The van der Waals surface area contributed by atoms with Crippen LogP contribution in [0.25, 0.3) is 10.8 Å². The molecule has 0 radical (unpaired) electrons. The Morgan fingerprint density at radius 1 is 1.14 bits per heavy atom. The number of hydrogen-bond acceptors (Lipinski definition) is 3. The van der Waals surface area contributed by atoms with Gasteiger partial charge in [0.25, 0.3) is 0 Å². The van der Waals surface area contributed by atoms with E-state index in [-0.39, 0.29) is 24.0 Å². The molecular formula is C22H32IN3O2. The van der Waals surface area contributed by atoms with E-state index in [0.717, 1.165) is 64.7 Å². The van der Waals surface area contributed by atoms with Gasteiger partial charge in [-0.2, -0.15) is 0 Å². The number of fused-ring (bicyclic) bond motifs is 1. The van der Waals surface area contributed by atoms with Crippen molar-refractivity contribution in [2.45, 2.75) is 19.3 Å². The number of ether oxygens (including phenoxy) is 2. The first-order valence-electron chi connectivity index (χ1n) is 9.93. The highest BCUT2D eigenvalue weighted by Crippen LogP contribution is 2.18. The van der Waals surface area contributed by atoms with Crippen molar-refractivity contribution in [1.82, 2.24) is 10.6 Å². The third kappa shape index (κ3) is 7.22. The van der Waals surface area contributed by atoms with Gasteiger partial charge in [-0.3, -0.25) is 4.99 Å². The number of rotatable bonds is 9. The van der Waals surface area contributed by atoms with E-state index in [2.05, 4.69) is 58.1 Å². The number of aliphatic imine (C=N–C) groups is 1. The average molecular weight is 497 g/mol. The number of nitrogens with zero attached hydrogens (tertiary/aromatic N) is 1. The third-order valence-electron chi connectivity index (χ3n) is 4.93. The molecule has 0 aromatic heterocycles. The summed E-state index contributed by atoms with van der Waals surface area (Å²) in [5, 5.41) is 9.38. The van der Waals surface area contributed by atoms with Crippen LogP contribution in [0.5, 0.6) is 0 Å². The van der Waals surface area contributed by atoms with Crippen molar-refractivity contribution in [1.29, 1.82) is 0 Å². The molecule has 1 aliphatic rings. The largest absolute Gasteiger partial charge is 0.381 e. The van der Waals surface area contributed by atoms with Crippen LogP contribution in [0.15, 0.2) is 47.5 Å². The number of halogens is 1. The summed E-state index contributed by atoms with van der Waals surface area (Å²) in [4.78, 5) is 4.30. The Kier molecular flexibility index (Phi) is 10.6. The summed E-state index contributed by atoms with van der Waals surface area (Å²) in [7, 11) is 1.81. The van der Waals surface area contributed by atoms with E-state index in [1.54, 1.807) is 0 Å². The first-order valence-corrected chi connectivity index (χ1v) is 9.93. The maximum atomic E-state index is 5.73. The fraction of sp³-hybridized carbons (Fsp3) is 0.500. The summed E-state index contributed by atoms with van der Waals surface area (Å²) in [6.45, 7) is 5.04. The monoisotopic (exact) mass is 497 g/mol. The quantitative estimate of drug-likeness (QED) is 0.241. The Balaban J connectivity index is 0.00000280. The predicted octanol–water partition coefficient (Wildman–Crippen LogP) is 3.61. The standard InChI is InChI=1S/C22H31N3O2.HI/c1-23-22(24-12-5-14-26-16-18-11-15-27-17-18)25-13-10-20-8-4-7-19-6-2-3-9-21(19)20;/h2-4,6-9,18H,5,10-17H2,1H3,(H2,23,24,25);1H. The second-order valence-electron chi connectivity index (χ2n) is 6.97. The number of guanidine groups is 1. The summed E-state index contributed by atoms with van der Waals surface area (Å²) >= 11 is 0. The van der Waals surface area contributed by atoms with E-state index in [9.17, 15) is 0 Å². The van der Waals surface area contributed by atoms with Crippen LogP contribution >= 0.6 is 24.0 Å². The molecule has 1 saturated heterocycles. The van der Waals surface area contributed by atoms with Crippen LogP contribution in [0, 0.1) is 5.92 Å². The smallest absolute Gasteiger partial charge is 0.190 e. The molecule has 3 rings (SSSR count). The topological polar surface area (TPSA) is 54.9 Å². The van der Waals surface area contributed by atoms with Gasteiger partial charge in [0, 0.05) is 39.3 Å². The molecule has 2 aromatic rings. The van der Waals surface area contributed by atoms with E-state index < -0.39 is 0 Å². The molecule has 1 aliphatic heterocycles. The zero-order valence-electron chi connectivity index (χ0n) is 16.7. The Bertz CT molecular complexity index is 727. The maximum Gasteiger partial charge on any atom is 0.190 e. The minimum absolute atomic E-state index is 0. The van der Waals surface area contributed by atoms with Crippen LogP contribution in [-0.2, 0) is 15.9 Å². The highest BCUT2D eigenvalue weighted by atomic mass is 127. The van der Waals surface area contributed by atoms with Gasteiger partial charge in [-0.25, -0.2) is 0 Å². The van der Waals surface area contributed by atoms with Crippen molar-refractivity contribution in [2.24, 2.45) is 10.9 Å². The Morgan fingerprint density at radius 2 is 1.96 bits per heavy atom. The molecule has 1 atom stereocenters. The van der Waals surface area contributed by atoms with Crippen LogP contribution in [0.3, 0.4) is 0 Å². The molecule has 0 saturated carbocycles. The minimum Gasteiger partial charge on any atom is -0.381 e. The summed E-state index contributed by atoms with van der Waals surface area (Å²) < 4.78 is 11.1. The Morgan fingerprint density at radius 3 is 2.79 bits per heavy atom. The summed E-state index contributed by atoms with van der Waals surface area (Å²) in [5.74, 6) is 1.43. The molecule has 1 unspecified atom stereocenters. The van der Waals surface area contributed by atoms with Gasteiger partial charge in [-0.15, -0.1) is 24.0 Å². The normalized spacial score (nSPS) is 16.8. The molecular weight excluding hydrogens is 465 g/mol. The highest BCUT2D eigenvalue weighted by Gasteiger charge is 2.15. The van der Waals surface area contributed by atoms with Gasteiger partial charge in [0.05, 0.1) is 13.2 Å². The van der Waals surface area contributed by atoms with Crippen molar-refractivity contribution in [3.8, 4) is 0 Å². The fourth-order valence-electron chi connectivity index (χ4n) is 3.39. The van der Waals surface area contributed by atoms with Gasteiger partial charge in [-0.05, 0) is 35.6 Å². The number of nitrogens with one attached hydrogen (secondary N) is 2. The average Bonchev–Trinajstić information content (AvgIpc) is 3.23. The van der Waals surface area contributed by atoms with Crippen LogP contribution in [0.4, 0.5) is 0 Å². The van der Waals surface area contributed by atoms with Crippen molar-refractivity contribution in [3.63, 3.8) is 0 Å². The number of hydrogen-bond donors (Lipinski definition) is 2. The first kappa shape index (κ1) is 22.9. The highest BCUT2D eigenvalue weighted by molar-refractivity contribution is 14.0. The zero-order valence-corrected chi connectivity index (χ0v) is 19.0. The van der Waals surface area contributed by atoms with E-state index in [1.807, 2.05) is 7.05 Å². The summed E-state index contributed by atoms with van der Waals surface area (Å²) in [6.07, 6.45) is 3.07. The van der Waals surface area contributed by atoms with E-state index >= 15 is 0 Å². The molecule has 2 N–H and O–H groups in total. The molecule has 28 heavy (non-hydrogen) atoms. The van der Waals surface area contributed by atoms with E-state index in [0.29, 0.717) is 5.92 Å². The lowest BCUT2D eigenvalue weighted by Crippen LogP contribution is -2.39. The van der Waals surface area contributed by atoms with E-state index in [4.69, 9.17) is 9.47 Å². The second kappa shape index (κ2) is 13.0. The van der Waals surface area contributed by atoms with Crippen LogP contribution < -0.4 is 10.6 Å². The lowest BCUT2D eigenvalue weighted by molar-refractivity contribution is 0.0888. The molecule has 5 nitrogen and oxygen atoms in total. The fourth-order valence-corrected chi connectivity index (χ4v) is 3.39. The third-order valence-corrected chi connectivity index (χ3v) is 4.93. The molecule has 1 fully saturated rings. The van der Waals surface area contributed by atoms with Crippen molar-refractivity contribution in [2.75, 3.05) is 46.6 Å². The molecule has 0 amide bonds. The van der Waals surface area contributed by atoms with Gasteiger partial charge in [-0.1, -0.05) is 42.5 Å². The first-order chi connectivity index (χ1) is 13.4. The minimum atomic E-state index is 0. The molecule has 0 spiro atoms. The Labute approximate surface area is 185 Å². The SMILES string of the molecule is CN=C(NCCCOCC1CCOC1)NCCc1cccc2ccccc12.I. The van der Waals surface area contributed by atoms with Gasteiger partial charge >= 0.3 is 0 Å².